The van der Waals surface area contributed by atoms with Crippen molar-refractivity contribution in [3.05, 3.63) is 18.3 Å². The normalized spacial score (nSPS) is 24.4. The first-order valence-electron chi connectivity index (χ1n) is 6.58. The van der Waals surface area contributed by atoms with Crippen LogP contribution < -0.4 is 9.64 Å². The van der Waals surface area contributed by atoms with E-state index >= 15 is 0 Å². The molecule has 0 radical (unpaired) electrons. The van der Waals surface area contributed by atoms with Gasteiger partial charge in [0.15, 0.2) is 11.6 Å². The van der Waals surface area contributed by atoms with E-state index in [4.69, 9.17) is 16.3 Å². The van der Waals surface area contributed by atoms with Gasteiger partial charge in [0.25, 0.3) is 0 Å². The number of rotatable bonds is 3. The monoisotopic (exact) mass is 268 g/mol. The second-order valence-corrected chi connectivity index (χ2v) is 5.78. The Bertz CT molecular complexity index is 397. The highest BCUT2D eigenvalue weighted by Crippen LogP contribution is 2.31. The summed E-state index contributed by atoms with van der Waals surface area (Å²) in [5.74, 6) is 2.34. The Kier molecular flexibility index (Phi) is 4.33. The van der Waals surface area contributed by atoms with Gasteiger partial charge in [0, 0.05) is 19.3 Å². The lowest BCUT2D eigenvalue weighted by Crippen LogP contribution is -2.41. The standard InChI is InChI=1S/C14H21ClN2O/c1-10(2)18-13-5-4-7-16-14(13)17-8-6-11(3)12(15)9-17/h4-5,7,10-12H,6,8-9H2,1-3H3. The molecule has 1 aromatic heterocycles. The van der Waals surface area contributed by atoms with Crippen LogP contribution in [0.15, 0.2) is 18.3 Å². The van der Waals surface area contributed by atoms with Crippen LogP contribution in [-0.4, -0.2) is 29.6 Å². The Hall–Kier alpha value is -0.960. The van der Waals surface area contributed by atoms with Crippen LogP contribution in [-0.2, 0) is 0 Å². The molecule has 0 aromatic carbocycles. The molecule has 2 rings (SSSR count). The third-order valence-electron chi connectivity index (χ3n) is 3.28. The third-order valence-corrected chi connectivity index (χ3v) is 3.85. The summed E-state index contributed by atoms with van der Waals surface area (Å²) < 4.78 is 5.81. The van der Waals surface area contributed by atoms with Gasteiger partial charge in [-0.2, -0.15) is 0 Å². The maximum absolute atomic E-state index is 6.36. The van der Waals surface area contributed by atoms with Gasteiger partial charge >= 0.3 is 0 Å². The number of halogens is 1. The SMILES string of the molecule is CC(C)Oc1cccnc1N1CCC(C)C(Cl)C1. The van der Waals surface area contributed by atoms with Gasteiger partial charge in [0.05, 0.1) is 11.5 Å². The molecular weight excluding hydrogens is 248 g/mol. The van der Waals surface area contributed by atoms with E-state index in [2.05, 4.69) is 16.8 Å². The molecule has 0 saturated carbocycles. The average molecular weight is 269 g/mol. The molecule has 0 aliphatic carbocycles. The molecule has 1 saturated heterocycles. The van der Waals surface area contributed by atoms with Gasteiger partial charge in [-0.15, -0.1) is 11.6 Å². The molecule has 3 nitrogen and oxygen atoms in total. The van der Waals surface area contributed by atoms with Crippen molar-refractivity contribution in [2.24, 2.45) is 5.92 Å². The molecular formula is C14H21ClN2O. The third kappa shape index (κ3) is 3.08. The van der Waals surface area contributed by atoms with E-state index in [1.807, 2.05) is 32.2 Å². The Morgan fingerprint density at radius 1 is 1.50 bits per heavy atom. The predicted octanol–water partition coefficient (Wildman–Crippen LogP) is 3.32. The van der Waals surface area contributed by atoms with Crippen molar-refractivity contribution in [1.82, 2.24) is 4.98 Å². The number of pyridine rings is 1. The zero-order valence-corrected chi connectivity index (χ0v) is 12.0. The predicted molar refractivity (Wildman–Crippen MR) is 75.6 cm³/mol. The van der Waals surface area contributed by atoms with E-state index in [0.29, 0.717) is 5.92 Å². The van der Waals surface area contributed by atoms with Crippen LogP contribution in [0, 0.1) is 5.92 Å². The van der Waals surface area contributed by atoms with Gasteiger partial charge in [0.1, 0.15) is 0 Å². The zero-order chi connectivity index (χ0) is 13.1. The number of ether oxygens (including phenoxy) is 1. The Morgan fingerprint density at radius 2 is 2.28 bits per heavy atom. The van der Waals surface area contributed by atoms with E-state index in [1.54, 1.807) is 0 Å². The molecule has 0 bridgehead atoms. The van der Waals surface area contributed by atoms with Gasteiger partial charge in [-0.3, -0.25) is 0 Å². The minimum atomic E-state index is 0.156. The molecule has 0 spiro atoms. The molecule has 1 aliphatic rings. The van der Waals surface area contributed by atoms with Crippen LogP contribution in [0.4, 0.5) is 5.82 Å². The van der Waals surface area contributed by atoms with Gasteiger partial charge in [-0.1, -0.05) is 6.92 Å². The number of alkyl halides is 1. The molecule has 0 amide bonds. The lowest BCUT2D eigenvalue weighted by atomic mass is 9.98. The fraction of sp³-hybridized carbons (Fsp3) is 0.643. The maximum atomic E-state index is 6.36. The summed E-state index contributed by atoms with van der Waals surface area (Å²) in [7, 11) is 0. The van der Waals surface area contributed by atoms with Gasteiger partial charge in [-0.05, 0) is 38.3 Å². The molecule has 18 heavy (non-hydrogen) atoms. The number of nitrogens with zero attached hydrogens (tertiary/aromatic N) is 2. The second kappa shape index (κ2) is 5.79. The fourth-order valence-corrected chi connectivity index (χ4v) is 2.47. The van der Waals surface area contributed by atoms with E-state index in [9.17, 15) is 0 Å². The second-order valence-electron chi connectivity index (χ2n) is 5.22. The van der Waals surface area contributed by atoms with Crippen molar-refractivity contribution in [2.45, 2.75) is 38.7 Å². The summed E-state index contributed by atoms with van der Waals surface area (Å²) >= 11 is 6.36. The largest absolute Gasteiger partial charge is 0.487 e. The van der Waals surface area contributed by atoms with E-state index in [0.717, 1.165) is 31.1 Å². The number of hydrogen-bond donors (Lipinski definition) is 0. The highest BCUT2D eigenvalue weighted by Gasteiger charge is 2.26. The van der Waals surface area contributed by atoms with E-state index in [-0.39, 0.29) is 11.5 Å². The van der Waals surface area contributed by atoms with Gasteiger partial charge < -0.3 is 9.64 Å². The molecule has 2 heterocycles. The van der Waals surface area contributed by atoms with Gasteiger partial charge in [0.2, 0.25) is 0 Å². The summed E-state index contributed by atoms with van der Waals surface area (Å²) in [5, 5.41) is 0.188. The Labute approximate surface area is 114 Å². The lowest BCUT2D eigenvalue weighted by molar-refractivity contribution is 0.241. The highest BCUT2D eigenvalue weighted by molar-refractivity contribution is 6.21. The molecule has 1 aliphatic heterocycles. The van der Waals surface area contributed by atoms with Crippen LogP contribution >= 0.6 is 11.6 Å². The lowest BCUT2D eigenvalue weighted by Gasteiger charge is -2.35. The van der Waals surface area contributed by atoms with Crippen molar-refractivity contribution in [1.29, 1.82) is 0 Å². The number of hydrogen-bond acceptors (Lipinski definition) is 3. The summed E-state index contributed by atoms with van der Waals surface area (Å²) in [4.78, 5) is 6.69. The number of piperidine rings is 1. The van der Waals surface area contributed by atoms with Crippen molar-refractivity contribution in [3.8, 4) is 5.75 Å². The van der Waals surface area contributed by atoms with Crippen molar-refractivity contribution < 1.29 is 4.74 Å². The van der Waals surface area contributed by atoms with Crippen LogP contribution in [0.2, 0.25) is 0 Å². The Morgan fingerprint density at radius 3 is 2.94 bits per heavy atom. The topological polar surface area (TPSA) is 25.4 Å². The van der Waals surface area contributed by atoms with Crippen LogP contribution in [0.25, 0.3) is 0 Å². The quantitative estimate of drug-likeness (QED) is 0.787. The van der Waals surface area contributed by atoms with E-state index < -0.39 is 0 Å². The average Bonchev–Trinajstić information content (AvgIpc) is 2.33. The zero-order valence-electron chi connectivity index (χ0n) is 11.3. The van der Waals surface area contributed by atoms with E-state index in [1.165, 1.54) is 0 Å². The van der Waals surface area contributed by atoms with Gasteiger partial charge in [-0.25, -0.2) is 4.98 Å². The van der Waals surface area contributed by atoms with Crippen molar-refractivity contribution >= 4 is 17.4 Å². The van der Waals surface area contributed by atoms with Crippen LogP contribution in [0.3, 0.4) is 0 Å². The first kappa shape index (κ1) is 13.5. The van der Waals surface area contributed by atoms with Crippen molar-refractivity contribution in [2.75, 3.05) is 18.0 Å². The Balaban J connectivity index is 2.17. The molecule has 2 unspecified atom stereocenters. The molecule has 0 N–H and O–H groups in total. The molecule has 100 valence electrons. The molecule has 4 heteroatoms. The van der Waals surface area contributed by atoms with Crippen LogP contribution in [0.1, 0.15) is 27.2 Å². The maximum Gasteiger partial charge on any atom is 0.171 e. The van der Waals surface area contributed by atoms with Crippen LogP contribution in [0.5, 0.6) is 5.75 Å². The fourth-order valence-electron chi connectivity index (χ4n) is 2.18. The summed E-state index contributed by atoms with van der Waals surface area (Å²) in [6, 6.07) is 3.88. The first-order chi connectivity index (χ1) is 8.58. The first-order valence-corrected chi connectivity index (χ1v) is 7.02. The molecule has 2 atom stereocenters. The summed E-state index contributed by atoms with van der Waals surface area (Å²) in [6.45, 7) is 8.10. The highest BCUT2D eigenvalue weighted by atomic mass is 35.5. The van der Waals surface area contributed by atoms with Crippen molar-refractivity contribution in [3.63, 3.8) is 0 Å². The molecule has 1 aromatic rings. The summed E-state index contributed by atoms with van der Waals surface area (Å²) in [5.41, 5.74) is 0. The number of aromatic nitrogens is 1. The number of anilines is 1. The minimum absolute atomic E-state index is 0.156. The minimum Gasteiger partial charge on any atom is -0.487 e. The molecule has 1 fully saturated rings. The smallest absolute Gasteiger partial charge is 0.171 e. The summed E-state index contributed by atoms with van der Waals surface area (Å²) in [6.07, 6.45) is 3.07.